The Morgan fingerprint density at radius 1 is 1.00 bits per heavy atom. The van der Waals surface area contributed by atoms with Crippen LogP contribution in [-0.2, 0) is 0 Å². The minimum absolute atomic E-state index is 0.0625. The van der Waals surface area contributed by atoms with Gasteiger partial charge in [0.25, 0.3) is 0 Å². The molecule has 4 heteroatoms. The van der Waals surface area contributed by atoms with Gasteiger partial charge in [-0.05, 0) is 0 Å². The fourth-order valence-corrected chi connectivity index (χ4v) is 0. The zero-order valence-electron chi connectivity index (χ0n) is 3.58. The van der Waals surface area contributed by atoms with Crippen LogP contribution in [0.25, 0.3) is 0 Å². The fourth-order valence-electron chi connectivity index (χ4n) is 0. The second-order valence-corrected chi connectivity index (χ2v) is 81.0. The second kappa shape index (κ2) is 2.43. The molecule has 0 amide bonds. The number of rotatable bonds is 0. The van der Waals surface area contributed by atoms with E-state index in [1.807, 2.05) is 0 Å². The summed E-state index contributed by atoms with van der Waals surface area (Å²) in [5, 5.41) is 0. The summed E-state index contributed by atoms with van der Waals surface area (Å²) in [5.74, 6) is 0. The van der Waals surface area contributed by atoms with Crippen LogP contribution < -0.4 is 0 Å². The van der Waals surface area contributed by atoms with Gasteiger partial charge in [0, 0.05) is 0 Å². The maximum atomic E-state index is 1.66. The van der Waals surface area contributed by atoms with E-state index < -0.39 is 0 Å². The summed E-state index contributed by atoms with van der Waals surface area (Å²) in [7, 11) is 4.98. The Hall–Kier alpha value is 1.19. The van der Waals surface area contributed by atoms with Crippen molar-refractivity contribution in [1.82, 2.24) is 0 Å². The van der Waals surface area contributed by atoms with Crippen LogP contribution in [0, 0.1) is 0 Å². The van der Waals surface area contributed by atoms with Crippen molar-refractivity contribution in [2.45, 2.75) is 0 Å². The van der Waals surface area contributed by atoms with Gasteiger partial charge in [-0.3, -0.25) is 0 Å². The predicted molar refractivity (Wildman–Crippen MR) is 37.0 cm³/mol. The summed E-state index contributed by atoms with van der Waals surface area (Å²) in [4.78, 5) is 0. The summed E-state index contributed by atoms with van der Waals surface area (Å²) in [6.45, 7) is 0. The van der Waals surface area contributed by atoms with Gasteiger partial charge < -0.3 is 0 Å². The summed E-state index contributed by atoms with van der Waals surface area (Å²) in [5.41, 5.74) is 0. The van der Waals surface area contributed by atoms with E-state index in [1.165, 1.54) is 0 Å². The van der Waals surface area contributed by atoms with Gasteiger partial charge in [0.15, 0.2) is 0 Å². The molecule has 0 N–H and O–H groups in total. The van der Waals surface area contributed by atoms with E-state index in [2.05, 4.69) is 0 Å². The third kappa shape index (κ3) is 10.8. The normalized spacial score (nSPS) is 18.0. The van der Waals surface area contributed by atoms with E-state index in [1.54, 1.807) is 26.3 Å². The Kier molecular flexibility index (Phi) is 3.16. The average molecular weight is 167 g/mol. The van der Waals surface area contributed by atoms with E-state index in [0.29, 0.717) is 0 Å². The zero-order valence-corrected chi connectivity index (χ0v) is 12.0. The molecule has 26 valence electrons. The van der Waals surface area contributed by atoms with Gasteiger partial charge >= 0.3 is 38.7 Å². The standard InChI is InChI=1S/GeH10Si3/c2-1(3)4/h1H,2-4H3. The molecule has 0 spiro atoms. The quantitative estimate of drug-likeness (QED) is 0.321. The van der Waals surface area contributed by atoms with Crippen molar-refractivity contribution in [3.8, 4) is 0 Å². The Bertz CT molecular complexity index is 8.00. The summed E-state index contributed by atoms with van der Waals surface area (Å²) in [6, 6.07) is 0. The molecule has 0 aromatic carbocycles. The first-order valence-electron chi connectivity index (χ1n) is 1.73. The van der Waals surface area contributed by atoms with Crippen molar-refractivity contribution in [2.75, 3.05) is 0 Å². The second-order valence-electron chi connectivity index (χ2n) is 1.73. The summed E-state index contributed by atoms with van der Waals surface area (Å²) < 4.78 is 0. The van der Waals surface area contributed by atoms with Gasteiger partial charge in [-0.1, -0.05) is 0 Å². The van der Waals surface area contributed by atoms with Crippen LogP contribution in [0.15, 0.2) is 0 Å². The maximum absolute atomic E-state index is 1.66. The Labute approximate surface area is 39.0 Å². The average Bonchev–Trinajstić information content (AvgIpc) is 0.811. The van der Waals surface area contributed by atoms with Crippen LogP contribution in [0.2, 0.25) is 0 Å². The van der Waals surface area contributed by atoms with E-state index in [-0.39, 0.29) is 12.4 Å². The van der Waals surface area contributed by atoms with Crippen molar-refractivity contribution in [1.29, 1.82) is 0 Å². The topological polar surface area (TPSA) is 0 Å². The van der Waals surface area contributed by atoms with Crippen molar-refractivity contribution in [3.63, 3.8) is 0 Å². The summed E-state index contributed by atoms with van der Waals surface area (Å²) >= 11 is -0.0625. The molecule has 0 aliphatic rings. The molecule has 0 saturated carbocycles. The van der Waals surface area contributed by atoms with E-state index in [4.69, 9.17) is 0 Å². The molecule has 0 aromatic rings. The molecule has 0 saturated heterocycles. The Morgan fingerprint density at radius 3 is 1.00 bits per heavy atom. The Morgan fingerprint density at radius 2 is 1.00 bits per heavy atom. The monoisotopic (exact) mass is 168 g/mol. The van der Waals surface area contributed by atoms with Crippen molar-refractivity contribution < 1.29 is 0 Å². The van der Waals surface area contributed by atoms with Crippen molar-refractivity contribution >= 4 is 38.7 Å². The first-order chi connectivity index (χ1) is 1.73. The third-order valence-electron chi connectivity index (χ3n) is 0. The third-order valence-corrected chi connectivity index (χ3v) is 0. The van der Waals surface area contributed by atoms with Gasteiger partial charge in [0.05, 0.1) is 0 Å². The fraction of sp³-hybridized carbons (Fsp3) is 0. The van der Waals surface area contributed by atoms with Gasteiger partial charge in [0.1, 0.15) is 0 Å². The van der Waals surface area contributed by atoms with Gasteiger partial charge in [-0.15, -0.1) is 0 Å². The van der Waals surface area contributed by atoms with Crippen LogP contribution in [0.5, 0.6) is 0 Å². The molecule has 0 atom stereocenters. The zero-order chi connectivity index (χ0) is 3.58. The SMILES string of the molecule is [SiH3][GeH]([SiH3])[SiH3]. The molecular weight excluding hydrogens is 157 g/mol. The molecular formula is H10GeSi3. The molecule has 0 aliphatic carbocycles. The van der Waals surface area contributed by atoms with Crippen molar-refractivity contribution in [3.05, 3.63) is 0 Å². The van der Waals surface area contributed by atoms with E-state index in [9.17, 15) is 0 Å². The van der Waals surface area contributed by atoms with Gasteiger partial charge in [-0.2, -0.15) is 0 Å². The van der Waals surface area contributed by atoms with Crippen LogP contribution in [0.3, 0.4) is 0 Å². The molecule has 0 heterocycles. The molecule has 0 fully saturated rings. The number of hydrogen-bond acceptors (Lipinski definition) is 0. The molecule has 4 heavy (non-hydrogen) atoms. The van der Waals surface area contributed by atoms with Crippen LogP contribution >= 0.6 is 0 Å². The minimum atomic E-state index is -0.0625. The van der Waals surface area contributed by atoms with Gasteiger partial charge in [0.2, 0.25) is 0 Å². The van der Waals surface area contributed by atoms with Crippen LogP contribution in [-0.4, -0.2) is 38.7 Å². The van der Waals surface area contributed by atoms with Crippen LogP contribution in [0.4, 0.5) is 0 Å². The van der Waals surface area contributed by atoms with Crippen molar-refractivity contribution in [2.24, 2.45) is 0 Å². The predicted octanol–water partition coefficient (Wildman–Crippen LogP) is -4.20. The first kappa shape index (κ1) is 5.19. The molecule has 0 rings (SSSR count). The molecule has 0 aromatic heterocycles. The van der Waals surface area contributed by atoms with Crippen LogP contribution in [0.1, 0.15) is 0 Å². The molecule has 0 bridgehead atoms. The van der Waals surface area contributed by atoms with E-state index >= 15 is 0 Å². The summed E-state index contributed by atoms with van der Waals surface area (Å²) in [6.07, 6.45) is 0. The molecule has 0 nitrogen and oxygen atoms in total. The molecule has 0 unspecified atom stereocenters. The first-order valence-corrected chi connectivity index (χ1v) is 27.0. The molecule has 0 radical (unpaired) electrons. The van der Waals surface area contributed by atoms with E-state index in [0.717, 1.165) is 0 Å². The van der Waals surface area contributed by atoms with Gasteiger partial charge in [-0.25, -0.2) is 0 Å². The number of hydrogen-bond donors (Lipinski definition) is 0. The Balaban J connectivity index is 2.32. The molecule has 0 aliphatic heterocycles.